The highest BCUT2D eigenvalue weighted by molar-refractivity contribution is 5.76. The predicted molar refractivity (Wildman–Crippen MR) is 76.1 cm³/mol. The molecule has 0 unspecified atom stereocenters. The highest BCUT2D eigenvalue weighted by Crippen LogP contribution is 2.45. The summed E-state index contributed by atoms with van der Waals surface area (Å²) in [7, 11) is 3.92. The summed E-state index contributed by atoms with van der Waals surface area (Å²) in [5.74, 6) is 0.210. The second kappa shape index (κ2) is 6.71. The Labute approximate surface area is 116 Å². The van der Waals surface area contributed by atoms with Crippen LogP contribution in [0.5, 0.6) is 0 Å². The van der Waals surface area contributed by atoms with E-state index in [9.17, 15) is 4.79 Å². The molecule has 1 N–H and O–H groups in total. The lowest BCUT2D eigenvalue weighted by atomic mass is 9.98. The first-order chi connectivity index (χ1) is 9.15. The second-order valence-electron chi connectivity index (χ2n) is 6.38. The van der Waals surface area contributed by atoms with Gasteiger partial charge in [-0.2, -0.15) is 0 Å². The van der Waals surface area contributed by atoms with Gasteiger partial charge in [0.15, 0.2) is 0 Å². The summed E-state index contributed by atoms with van der Waals surface area (Å²) in [6.07, 6.45) is 7.90. The molecule has 1 aliphatic carbocycles. The van der Waals surface area contributed by atoms with E-state index in [4.69, 9.17) is 4.74 Å². The Hall–Kier alpha value is -0.610. The molecule has 4 nitrogen and oxygen atoms in total. The molecule has 4 heteroatoms. The van der Waals surface area contributed by atoms with Crippen LogP contribution in [0.15, 0.2) is 0 Å². The summed E-state index contributed by atoms with van der Waals surface area (Å²) in [4.78, 5) is 14.3. The molecule has 0 spiro atoms. The highest BCUT2D eigenvalue weighted by Gasteiger charge is 2.42. The van der Waals surface area contributed by atoms with Crippen LogP contribution >= 0.6 is 0 Å². The Morgan fingerprint density at radius 3 is 2.84 bits per heavy atom. The Balaban J connectivity index is 1.62. The molecule has 0 radical (unpaired) electrons. The standard InChI is InChI=1S/C15H28N2O2/c1-17-10-4-3-5-13(17)6-7-14(18)16-11-15(8-9-15)12-19-2/h13H,3-12H2,1-2H3,(H,16,18)/t13-/m0/s1. The molecule has 2 rings (SSSR count). The molecule has 1 saturated heterocycles. The average molecular weight is 268 g/mol. The van der Waals surface area contributed by atoms with Gasteiger partial charge in [0, 0.05) is 31.5 Å². The van der Waals surface area contributed by atoms with Crippen LogP contribution in [0.25, 0.3) is 0 Å². The first-order valence-electron chi connectivity index (χ1n) is 7.61. The maximum atomic E-state index is 11.9. The number of amides is 1. The van der Waals surface area contributed by atoms with Crippen LogP contribution in [0, 0.1) is 5.41 Å². The molecule has 1 aliphatic heterocycles. The van der Waals surface area contributed by atoms with Gasteiger partial charge in [-0.05, 0) is 45.7 Å². The lowest BCUT2D eigenvalue weighted by Gasteiger charge is -2.32. The normalized spacial score (nSPS) is 26.1. The number of ether oxygens (including phenoxy) is 1. The topological polar surface area (TPSA) is 41.6 Å². The third-order valence-electron chi connectivity index (χ3n) is 4.69. The molecule has 0 aromatic heterocycles. The summed E-state index contributed by atoms with van der Waals surface area (Å²) in [6, 6.07) is 0.605. The minimum absolute atomic E-state index is 0.210. The fraction of sp³-hybridized carbons (Fsp3) is 0.933. The van der Waals surface area contributed by atoms with Gasteiger partial charge in [-0.1, -0.05) is 6.42 Å². The molecule has 1 atom stereocenters. The quantitative estimate of drug-likeness (QED) is 0.765. The van der Waals surface area contributed by atoms with Crippen molar-refractivity contribution in [2.24, 2.45) is 5.41 Å². The van der Waals surface area contributed by atoms with E-state index in [-0.39, 0.29) is 11.3 Å². The van der Waals surface area contributed by atoms with E-state index >= 15 is 0 Å². The molecule has 1 saturated carbocycles. The van der Waals surface area contributed by atoms with Gasteiger partial charge in [0.2, 0.25) is 5.91 Å². The molecular formula is C15H28N2O2. The monoisotopic (exact) mass is 268 g/mol. The van der Waals surface area contributed by atoms with E-state index in [1.54, 1.807) is 7.11 Å². The molecule has 0 bridgehead atoms. The van der Waals surface area contributed by atoms with Gasteiger partial charge in [0.05, 0.1) is 6.61 Å². The van der Waals surface area contributed by atoms with E-state index in [1.165, 1.54) is 38.6 Å². The molecule has 1 amide bonds. The SMILES string of the molecule is COCC1(CNC(=O)CC[C@@H]2CCCCN2C)CC1. The smallest absolute Gasteiger partial charge is 0.220 e. The van der Waals surface area contributed by atoms with Crippen molar-refractivity contribution in [2.45, 2.75) is 51.0 Å². The van der Waals surface area contributed by atoms with Gasteiger partial charge in [-0.3, -0.25) is 4.79 Å². The van der Waals surface area contributed by atoms with Crippen molar-refractivity contribution in [1.82, 2.24) is 10.2 Å². The third kappa shape index (κ3) is 4.46. The zero-order chi connectivity index (χ0) is 13.7. The summed E-state index contributed by atoms with van der Waals surface area (Å²) in [6.45, 7) is 2.75. The fourth-order valence-electron chi connectivity index (χ4n) is 3.04. The first-order valence-corrected chi connectivity index (χ1v) is 7.61. The molecule has 2 fully saturated rings. The minimum Gasteiger partial charge on any atom is -0.384 e. The van der Waals surface area contributed by atoms with Gasteiger partial charge < -0.3 is 15.0 Å². The summed E-state index contributed by atoms with van der Waals surface area (Å²) < 4.78 is 5.21. The van der Waals surface area contributed by atoms with Gasteiger partial charge in [-0.15, -0.1) is 0 Å². The maximum absolute atomic E-state index is 11.9. The van der Waals surface area contributed by atoms with Crippen LogP contribution in [0.1, 0.15) is 44.9 Å². The summed E-state index contributed by atoms with van der Waals surface area (Å²) in [5, 5.41) is 3.09. The maximum Gasteiger partial charge on any atom is 0.220 e. The summed E-state index contributed by atoms with van der Waals surface area (Å²) in [5.41, 5.74) is 0.256. The van der Waals surface area contributed by atoms with E-state index < -0.39 is 0 Å². The highest BCUT2D eigenvalue weighted by atomic mass is 16.5. The van der Waals surface area contributed by atoms with E-state index in [1.807, 2.05) is 0 Å². The lowest BCUT2D eigenvalue weighted by Crippen LogP contribution is -2.38. The minimum atomic E-state index is 0.210. The van der Waals surface area contributed by atoms with Gasteiger partial charge in [-0.25, -0.2) is 0 Å². The molecule has 0 aromatic rings. The van der Waals surface area contributed by atoms with Crippen LogP contribution in [0.3, 0.4) is 0 Å². The van der Waals surface area contributed by atoms with Crippen LogP contribution < -0.4 is 5.32 Å². The van der Waals surface area contributed by atoms with Crippen LogP contribution in [-0.4, -0.2) is 50.7 Å². The Morgan fingerprint density at radius 2 is 2.21 bits per heavy atom. The largest absolute Gasteiger partial charge is 0.384 e. The number of nitrogens with one attached hydrogen (secondary N) is 1. The Kier molecular flexibility index (Phi) is 5.22. The van der Waals surface area contributed by atoms with Crippen LogP contribution in [-0.2, 0) is 9.53 Å². The number of methoxy groups -OCH3 is 1. The molecular weight excluding hydrogens is 240 g/mol. The van der Waals surface area contributed by atoms with Crippen molar-refractivity contribution < 1.29 is 9.53 Å². The molecule has 1 heterocycles. The number of nitrogens with zero attached hydrogens (tertiary/aromatic N) is 1. The van der Waals surface area contributed by atoms with E-state index in [0.717, 1.165) is 19.6 Å². The second-order valence-corrected chi connectivity index (χ2v) is 6.38. The number of piperidine rings is 1. The number of hydrogen-bond acceptors (Lipinski definition) is 3. The number of carbonyl (C=O) groups excluding carboxylic acids is 1. The molecule has 19 heavy (non-hydrogen) atoms. The predicted octanol–water partition coefficient (Wildman–Crippen LogP) is 1.79. The average Bonchev–Trinajstić information content (AvgIpc) is 3.16. The van der Waals surface area contributed by atoms with Gasteiger partial charge in [0.1, 0.15) is 0 Å². The number of rotatable bonds is 7. The van der Waals surface area contributed by atoms with Gasteiger partial charge in [0.25, 0.3) is 0 Å². The Morgan fingerprint density at radius 1 is 1.42 bits per heavy atom. The van der Waals surface area contributed by atoms with Crippen LogP contribution in [0.4, 0.5) is 0 Å². The van der Waals surface area contributed by atoms with Crippen molar-refractivity contribution in [3.8, 4) is 0 Å². The van der Waals surface area contributed by atoms with Crippen molar-refractivity contribution in [1.29, 1.82) is 0 Å². The lowest BCUT2D eigenvalue weighted by molar-refractivity contribution is -0.121. The van der Waals surface area contributed by atoms with Gasteiger partial charge >= 0.3 is 0 Å². The Bertz CT molecular complexity index is 303. The molecule has 2 aliphatic rings. The van der Waals surface area contributed by atoms with Crippen molar-refractivity contribution in [2.75, 3.05) is 33.9 Å². The summed E-state index contributed by atoms with van der Waals surface area (Å²) >= 11 is 0. The molecule has 0 aromatic carbocycles. The number of hydrogen-bond donors (Lipinski definition) is 1. The van der Waals surface area contributed by atoms with Crippen molar-refractivity contribution in [3.05, 3.63) is 0 Å². The van der Waals surface area contributed by atoms with Crippen LogP contribution in [0.2, 0.25) is 0 Å². The third-order valence-corrected chi connectivity index (χ3v) is 4.69. The fourth-order valence-corrected chi connectivity index (χ4v) is 3.04. The first kappa shape index (κ1) is 14.8. The van der Waals surface area contributed by atoms with E-state index in [0.29, 0.717) is 12.5 Å². The molecule has 110 valence electrons. The van der Waals surface area contributed by atoms with E-state index in [2.05, 4.69) is 17.3 Å². The van der Waals surface area contributed by atoms with Crippen molar-refractivity contribution >= 4 is 5.91 Å². The zero-order valence-electron chi connectivity index (χ0n) is 12.4. The number of likely N-dealkylation sites (tertiary alicyclic amines) is 1. The zero-order valence-corrected chi connectivity index (χ0v) is 12.4. The van der Waals surface area contributed by atoms with Crippen molar-refractivity contribution in [3.63, 3.8) is 0 Å². The number of carbonyl (C=O) groups is 1.